The first kappa shape index (κ1) is 9.25. The van der Waals surface area contributed by atoms with Crippen molar-refractivity contribution in [2.45, 2.75) is 19.8 Å². The Morgan fingerprint density at radius 2 is 2.58 bits per heavy atom. The van der Waals surface area contributed by atoms with E-state index in [4.69, 9.17) is 0 Å². The van der Waals surface area contributed by atoms with Crippen LogP contribution in [-0.4, -0.2) is 15.8 Å². The van der Waals surface area contributed by atoms with E-state index in [1.165, 1.54) is 4.79 Å². The van der Waals surface area contributed by atoms with E-state index in [-0.39, 0.29) is 5.91 Å². The molecule has 0 spiro atoms. The number of nitrogens with one attached hydrogen (secondary N) is 1. The Labute approximate surface area is 79.0 Å². The van der Waals surface area contributed by atoms with Gasteiger partial charge >= 0.3 is 0 Å². The lowest BCUT2D eigenvalue weighted by Crippen LogP contribution is -2.22. The fourth-order valence-electron chi connectivity index (χ4n) is 0.773. The van der Waals surface area contributed by atoms with Crippen LogP contribution in [0.25, 0.3) is 0 Å². The quantitative estimate of drug-likeness (QED) is 0.858. The van der Waals surface area contributed by atoms with E-state index in [0.717, 1.165) is 10.9 Å². The van der Waals surface area contributed by atoms with Gasteiger partial charge in [0.25, 0.3) is 0 Å². The predicted molar refractivity (Wildman–Crippen MR) is 49.2 cm³/mol. The SMILES string of the molecule is CCCC(=O)Nn1cc(Br)cn1. The van der Waals surface area contributed by atoms with E-state index >= 15 is 0 Å². The molecule has 0 saturated carbocycles. The molecule has 1 amide bonds. The van der Waals surface area contributed by atoms with Crippen molar-refractivity contribution >= 4 is 21.8 Å². The third kappa shape index (κ3) is 2.65. The number of halogens is 1. The highest BCUT2D eigenvalue weighted by molar-refractivity contribution is 9.10. The van der Waals surface area contributed by atoms with Gasteiger partial charge in [0.15, 0.2) is 0 Å². The van der Waals surface area contributed by atoms with Gasteiger partial charge in [-0.25, -0.2) is 5.43 Å². The van der Waals surface area contributed by atoms with Gasteiger partial charge < -0.3 is 0 Å². The van der Waals surface area contributed by atoms with Crippen LogP contribution in [0.3, 0.4) is 0 Å². The minimum absolute atomic E-state index is 0.0203. The van der Waals surface area contributed by atoms with Crippen molar-refractivity contribution in [1.29, 1.82) is 0 Å². The average Bonchev–Trinajstić information content (AvgIpc) is 2.36. The molecule has 0 bridgehead atoms. The maximum atomic E-state index is 11.0. The molecule has 0 atom stereocenters. The van der Waals surface area contributed by atoms with E-state index in [9.17, 15) is 4.79 Å². The van der Waals surface area contributed by atoms with Crippen LogP contribution >= 0.6 is 15.9 Å². The molecule has 4 nitrogen and oxygen atoms in total. The van der Waals surface area contributed by atoms with Crippen LogP contribution in [0.1, 0.15) is 19.8 Å². The van der Waals surface area contributed by atoms with Gasteiger partial charge in [-0.2, -0.15) is 9.89 Å². The Morgan fingerprint density at radius 1 is 1.83 bits per heavy atom. The summed E-state index contributed by atoms with van der Waals surface area (Å²) in [5, 5.41) is 3.88. The van der Waals surface area contributed by atoms with Crippen molar-refractivity contribution in [3.63, 3.8) is 0 Å². The largest absolute Gasteiger partial charge is 0.273 e. The Balaban J connectivity index is 2.46. The Bertz CT molecular complexity index is 271. The molecule has 0 aliphatic heterocycles. The van der Waals surface area contributed by atoms with Gasteiger partial charge in [-0.15, -0.1) is 0 Å². The first-order valence-electron chi connectivity index (χ1n) is 3.72. The molecular formula is C7H10BrN3O. The summed E-state index contributed by atoms with van der Waals surface area (Å²) >= 11 is 3.23. The standard InChI is InChI=1S/C7H10BrN3O/c1-2-3-7(12)10-11-5-6(8)4-9-11/h4-5H,2-3H2,1H3,(H,10,12). The highest BCUT2D eigenvalue weighted by Gasteiger charge is 1.99. The third-order valence-electron chi connectivity index (χ3n) is 1.27. The highest BCUT2D eigenvalue weighted by atomic mass is 79.9. The van der Waals surface area contributed by atoms with Gasteiger partial charge in [0.05, 0.1) is 16.9 Å². The van der Waals surface area contributed by atoms with Crippen molar-refractivity contribution in [2.75, 3.05) is 5.43 Å². The van der Waals surface area contributed by atoms with E-state index in [0.29, 0.717) is 6.42 Å². The molecule has 0 radical (unpaired) electrons. The average molecular weight is 232 g/mol. The fraction of sp³-hybridized carbons (Fsp3) is 0.429. The summed E-state index contributed by atoms with van der Waals surface area (Å²) in [6.45, 7) is 1.96. The Kier molecular flexibility index (Phi) is 3.28. The molecule has 0 fully saturated rings. The molecule has 1 aromatic rings. The van der Waals surface area contributed by atoms with Crippen molar-refractivity contribution in [1.82, 2.24) is 9.89 Å². The number of hydrogen-bond acceptors (Lipinski definition) is 2. The lowest BCUT2D eigenvalue weighted by molar-refractivity contribution is -0.117. The smallest absolute Gasteiger partial charge is 0.240 e. The lowest BCUT2D eigenvalue weighted by atomic mass is 10.3. The number of nitrogens with zero attached hydrogens (tertiary/aromatic N) is 2. The summed E-state index contributed by atoms with van der Waals surface area (Å²) in [7, 11) is 0. The minimum Gasteiger partial charge on any atom is -0.273 e. The molecule has 12 heavy (non-hydrogen) atoms. The van der Waals surface area contributed by atoms with Gasteiger partial charge in [0.2, 0.25) is 5.91 Å². The topological polar surface area (TPSA) is 46.9 Å². The lowest BCUT2D eigenvalue weighted by Gasteiger charge is -2.01. The summed E-state index contributed by atoms with van der Waals surface area (Å²) in [5.41, 5.74) is 2.60. The molecule has 0 saturated heterocycles. The van der Waals surface area contributed by atoms with Gasteiger partial charge in [0, 0.05) is 6.42 Å². The molecule has 1 heterocycles. The number of carbonyl (C=O) groups excluding carboxylic acids is 1. The van der Waals surface area contributed by atoms with Crippen molar-refractivity contribution < 1.29 is 4.79 Å². The molecule has 1 aromatic heterocycles. The van der Waals surface area contributed by atoms with Gasteiger partial charge in [-0.05, 0) is 22.4 Å². The highest BCUT2D eigenvalue weighted by Crippen LogP contribution is 2.04. The summed E-state index contributed by atoms with van der Waals surface area (Å²) in [6.07, 6.45) is 4.67. The zero-order valence-electron chi connectivity index (χ0n) is 6.75. The number of rotatable bonds is 3. The molecule has 0 aliphatic rings. The molecule has 0 unspecified atom stereocenters. The van der Waals surface area contributed by atoms with Crippen LogP contribution in [0.2, 0.25) is 0 Å². The number of aromatic nitrogens is 2. The van der Waals surface area contributed by atoms with E-state index in [1.54, 1.807) is 12.4 Å². The van der Waals surface area contributed by atoms with Crippen LogP contribution in [0.4, 0.5) is 0 Å². The Hall–Kier alpha value is -0.840. The monoisotopic (exact) mass is 231 g/mol. The summed E-state index contributed by atoms with van der Waals surface area (Å²) in [6, 6.07) is 0. The normalized spacial score (nSPS) is 9.83. The molecule has 1 rings (SSSR count). The van der Waals surface area contributed by atoms with Crippen LogP contribution in [0.5, 0.6) is 0 Å². The van der Waals surface area contributed by atoms with Crippen LogP contribution in [0, 0.1) is 0 Å². The number of amides is 1. The zero-order chi connectivity index (χ0) is 8.97. The second kappa shape index (κ2) is 4.25. The fourth-order valence-corrected chi connectivity index (χ4v) is 1.06. The molecular weight excluding hydrogens is 222 g/mol. The third-order valence-corrected chi connectivity index (χ3v) is 1.68. The van der Waals surface area contributed by atoms with E-state index in [2.05, 4.69) is 26.5 Å². The number of carbonyl (C=O) groups is 1. The first-order valence-corrected chi connectivity index (χ1v) is 4.51. The zero-order valence-corrected chi connectivity index (χ0v) is 8.34. The maximum Gasteiger partial charge on any atom is 0.240 e. The molecule has 0 aliphatic carbocycles. The van der Waals surface area contributed by atoms with Gasteiger partial charge in [0.1, 0.15) is 0 Å². The maximum absolute atomic E-state index is 11.0. The minimum atomic E-state index is -0.0203. The molecule has 5 heteroatoms. The van der Waals surface area contributed by atoms with Crippen LogP contribution in [-0.2, 0) is 4.79 Å². The summed E-state index contributed by atoms with van der Waals surface area (Å²) < 4.78 is 0.847. The Morgan fingerprint density at radius 3 is 3.08 bits per heavy atom. The summed E-state index contributed by atoms with van der Waals surface area (Å²) in [4.78, 5) is 12.4. The van der Waals surface area contributed by atoms with Crippen molar-refractivity contribution in [3.05, 3.63) is 16.9 Å². The van der Waals surface area contributed by atoms with Gasteiger partial charge in [-0.1, -0.05) is 6.92 Å². The van der Waals surface area contributed by atoms with Crippen LogP contribution < -0.4 is 5.43 Å². The van der Waals surface area contributed by atoms with Gasteiger partial charge in [-0.3, -0.25) is 4.79 Å². The predicted octanol–water partition coefficient (Wildman–Crippen LogP) is 1.52. The van der Waals surface area contributed by atoms with Crippen molar-refractivity contribution in [2.24, 2.45) is 0 Å². The molecule has 1 N–H and O–H groups in total. The van der Waals surface area contributed by atoms with Crippen LogP contribution in [0.15, 0.2) is 16.9 Å². The van der Waals surface area contributed by atoms with E-state index < -0.39 is 0 Å². The molecule has 66 valence electrons. The van der Waals surface area contributed by atoms with E-state index in [1.807, 2.05) is 6.92 Å². The second-order valence-electron chi connectivity index (χ2n) is 2.39. The second-order valence-corrected chi connectivity index (χ2v) is 3.30. The first-order chi connectivity index (χ1) is 5.72. The summed E-state index contributed by atoms with van der Waals surface area (Å²) in [5.74, 6) is -0.0203. The molecule has 0 aromatic carbocycles. The number of hydrogen-bond donors (Lipinski definition) is 1. The van der Waals surface area contributed by atoms with Crippen molar-refractivity contribution in [3.8, 4) is 0 Å².